The number of ether oxygens (including phenoxy) is 3. The van der Waals surface area contributed by atoms with E-state index in [9.17, 15) is 4.79 Å². The first-order chi connectivity index (χ1) is 10.7. The number of methoxy groups -OCH3 is 1. The van der Waals surface area contributed by atoms with Crippen LogP contribution < -0.4 is 10.1 Å². The summed E-state index contributed by atoms with van der Waals surface area (Å²) in [6.45, 7) is 6.24. The van der Waals surface area contributed by atoms with Crippen LogP contribution in [-0.2, 0) is 9.47 Å². The molecule has 1 aliphatic heterocycles. The number of rotatable bonds is 6. The summed E-state index contributed by atoms with van der Waals surface area (Å²) in [5.41, 5.74) is 1.14. The van der Waals surface area contributed by atoms with Crippen LogP contribution in [0.3, 0.4) is 0 Å². The monoisotopic (exact) mass is 308 g/mol. The quantitative estimate of drug-likeness (QED) is 0.868. The smallest absolute Gasteiger partial charge is 0.406 e. The van der Waals surface area contributed by atoms with Gasteiger partial charge in [0.15, 0.2) is 0 Å². The zero-order chi connectivity index (χ0) is 15.8. The van der Waals surface area contributed by atoms with Gasteiger partial charge in [-0.3, -0.25) is 4.90 Å². The second-order valence-corrected chi connectivity index (χ2v) is 5.04. The van der Waals surface area contributed by atoms with Gasteiger partial charge in [0, 0.05) is 19.6 Å². The number of amides is 1. The maximum absolute atomic E-state index is 11.4. The van der Waals surface area contributed by atoms with Gasteiger partial charge in [-0.15, -0.1) is 0 Å². The molecule has 0 saturated carbocycles. The molecular formula is C16H24N2O4. The summed E-state index contributed by atoms with van der Waals surface area (Å²) >= 11 is 0. The molecule has 1 atom stereocenters. The molecule has 22 heavy (non-hydrogen) atoms. The first-order valence-corrected chi connectivity index (χ1v) is 7.61. The summed E-state index contributed by atoms with van der Waals surface area (Å²) in [4.78, 5) is 13.7. The summed E-state index contributed by atoms with van der Waals surface area (Å²) in [6, 6.07) is 8.11. The van der Waals surface area contributed by atoms with Gasteiger partial charge in [0.25, 0.3) is 0 Å². The predicted molar refractivity (Wildman–Crippen MR) is 83.2 cm³/mol. The molecule has 1 amide bonds. The van der Waals surface area contributed by atoms with Crippen molar-refractivity contribution in [3.05, 3.63) is 29.8 Å². The second-order valence-electron chi connectivity index (χ2n) is 5.04. The molecule has 1 unspecified atom stereocenters. The summed E-state index contributed by atoms with van der Waals surface area (Å²) < 4.78 is 15.5. The lowest BCUT2D eigenvalue weighted by atomic mass is 10.0. The Morgan fingerprint density at radius 2 is 2.00 bits per heavy atom. The molecule has 6 heteroatoms. The van der Waals surface area contributed by atoms with Crippen LogP contribution in [0, 0.1) is 0 Å². The van der Waals surface area contributed by atoms with Crippen LogP contribution in [0.1, 0.15) is 18.5 Å². The fourth-order valence-corrected chi connectivity index (χ4v) is 2.55. The van der Waals surface area contributed by atoms with Crippen molar-refractivity contribution in [2.45, 2.75) is 13.0 Å². The average Bonchev–Trinajstić information content (AvgIpc) is 2.57. The Balaban J connectivity index is 2.09. The van der Waals surface area contributed by atoms with E-state index in [1.54, 1.807) is 0 Å². The average molecular weight is 308 g/mol. The number of nitrogens with zero attached hydrogens (tertiary/aromatic N) is 1. The topological polar surface area (TPSA) is 60.0 Å². The molecule has 122 valence electrons. The highest BCUT2D eigenvalue weighted by Crippen LogP contribution is 2.23. The van der Waals surface area contributed by atoms with E-state index in [1.807, 2.05) is 31.2 Å². The van der Waals surface area contributed by atoms with Crippen LogP contribution in [0.5, 0.6) is 5.75 Å². The van der Waals surface area contributed by atoms with Gasteiger partial charge in [-0.2, -0.15) is 0 Å². The van der Waals surface area contributed by atoms with E-state index in [2.05, 4.69) is 15.0 Å². The van der Waals surface area contributed by atoms with Crippen molar-refractivity contribution in [2.24, 2.45) is 0 Å². The fourth-order valence-electron chi connectivity index (χ4n) is 2.55. The van der Waals surface area contributed by atoms with E-state index < -0.39 is 6.09 Å². The predicted octanol–water partition coefficient (Wildman–Crippen LogP) is 1.81. The van der Waals surface area contributed by atoms with Gasteiger partial charge in [0.05, 0.1) is 33.0 Å². The van der Waals surface area contributed by atoms with Crippen molar-refractivity contribution in [3.63, 3.8) is 0 Å². The molecule has 0 aliphatic carbocycles. The van der Waals surface area contributed by atoms with E-state index in [0.717, 1.165) is 24.4 Å². The van der Waals surface area contributed by atoms with Crippen molar-refractivity contribution in [3.8, 4) is 5.75 Å². The molecule has 1 fully saturated rings. The summed E-state index contributed by atoms with van der Waals surface area (Å²) in [5.74, 6) is 0.855. The molecule has 1 heterocycles. The summed E-state index contributed by atoms with van der Waals surface area (Å²) in [5, 5.41) is 2.79. The third-order valence-electron chi connectivity index (χ3n) is 3.69. The van der Waals surface area contributed by atoms with E-state index in [4.69, 9.17) is 9.47 Å². The molecule has 1 saturated heterocycles. The van der Waals surface area contributed by atoms with Crippen molar-refractivity contribution in [1.29, 1.82) is 0 Å². The van der Waals surface area contributed by atoms with Crippen molar-refractivity contribution in [2.75, 3.05) is 46.6 Å². The molecule has 0 aromatic heterocycles. The molecule has 1 aromatic rings. The van der Waals surface area contributed by atoms with Gasteiger partial charge >= 0.3 is 6.09 Å². The van der Waals surface area contributed by atoms with Crippen LogP contribution in [0.15, 0.2) is 24.3 Å². The zero-order valence-corrected chi connectivity index (χ0v) is 13.2. The molecule has 1 aliphatic rings. The molecular weight excluding hydrogens is 284 g/mol. The van der Waals surface area contributed by atoms with Gasteiger partial charge in [-0.25, -0.2) is 4.79 Å². The maximum Gasteiger partial charge on any atom is 0.406 e. The highest BCUT2D eigenvalue weighted by Gasteiger charge is 2.23. The van der Waals surface area contributed by atoms with Gasteiger partial charge in [-0.05, 0) is 24.6 Å². The molecule has 0 radical (unpaired) electrons. The lowest BCUT2D eigenvalue weighted by Crippen LogP contribution is -2.43. The van der Waals surface area contributed by atoms with Crippen LogP contribution in [0.2, 0.25) is 0 Å². The number of alkyl carbamates (subject to hydrolysis) is 1. The van der Waals surface area contributed by atoms with Crippen LogP contribution in [0.25, 0.3) is 0 Å². The number of hydrogen-bond acceptors (Lipinski definition) is 5. The number of nitrogens with one attached hydrogen (secondary N) is 1. The second kappa shape index (κ2) is 8.60. The van der Waals surface area contributed by atoms with Crippen molar-refractivity contribution in [1.82, 2.24) is 10.2 Å². The van der Waals surface area contributed by atoms with Crippen molar-refractivity contribution >= 4 is 6.09 Å². The van der Waals surface area contributed by atoms with Crippen molar-refractivity contribution < 1.29 is 19.0 Å². The SMILES string of the molecule is CCOc1ccc(C(CNC(=O)OC)N2CCOCC2)cc1. The number of benzene rings is 1. The van der Waals surface area contributed by atoms with E-state index >= 15 is 0 Å². The van der Waals surface area contributed by atoms with E-state index in [0.29, 0.717) is 26.4 Å². The molecule has 1 aromatic carbocycles. The van der Waals surface area contributed by atoms with Gasteiger partial charge in [0.1, 0.15) is 5.75 Å². The highest BCUT2D eigenvalue weighted by atomic mass is 16.5. The Bertz CT molecular complexity index is 458. The molecule has 2 rings (SSSR count). The van der Waals surface area contributed by atoms with Crippen LogP contribution in [-0.4, -0.2) is 57.6 Å². The molecule has 0 spiro atoms. The van der Waals surface area contributed by atoms with Gasteiger partial charge in [0.2, 0.25) is 0 Å². The number of carbonyl (C=O) groups is 1. The lowest BCUT2D eigenvalue weighted by Gasteiger charge is -2.34. The minimum Gasteiger partial charge on any atom is -0.494 e. The fraction of sp³-hybridized carbons (Fsp3) is 0.562. The molecule has 6 nitrogen and oxygen atoms in total. The van der Waals surface area contributed by atoms with E-state index in [1.165, 1.54) is 7.11 Å². The largest absolute Gasteiger partial charge is 0.494 e. The Kier molecular flexibility index (Phi) is 6.48. The first kappa shape index (κ1) is 16.6. The number of hydrogen-bond donors (Lipinski definition) is 1. The minimum atomic E-state index is -0.413. The Labute approximate surface area is 131 Å². The maximum atomic E-state index is 11.4. The van der Waals surface area contributed by atoms with Crippen LogP contribution >= 0.6 is 0 Å². The minimum absolute atomic E-state index is 0.0960. The third-order valence-corrected chi connectivity index (χ3v) is 3.69. The number of morpholine rings is 1. The Hall–Kier alpha value is -1.79. The number of carbonyl (C=O) groups excluding carboxylic acids is 1. The molecule has 0 bridgehead atoms. The zero-order valence-electron chi connectivity index (χ0n) is 13.2. The standard InChI is InChI=1S/C16H24N2O4/c1-3-22-14-6-4-13(5-7-14)15(12-17-16(19)20-2)18-8-10-21-11-9-18/h4-7,15H,3,8-12H2,1-2H3,(H,17,19). The summed E-state index contributed by atoms with van der Waals surface area (Å²) in [6.07, 6.45) is -0.413. The molecule has 1 N–H and O–H groups in total. The lowest BCUT2D eigenvalue weighted by molar-refractivity contribution is 0.0162. The normalized spacial score (nSPS) is 16.8. The van der Waals surface area contributed by atoms with Gasteiger partial charge in [-0.1, -0.05) is 12.1 Å². The summed E-state index contributed by atoms with van der Waals surface area (Å²) in [7, 11) is 1.37. The van der Waals surface area contributed by atoms with Crippen LogP contribution in [0.4, 0.5) is 4.79 Å². The third kappa shape index (κ3) is 4.61. The Morgan fingerprint density at radius 1 is 1.32 bits per heavy atom. The van der Waals surface area contributed by atoms with Gasteiger partial charge < -0.3 is 19.5 Å². The first-order valence-electron chi connectivity index (χ1n) is 7.61. The highest BCUT2D eigenvalue weighted by molar-refractivity contribution is 5.66. The Morgan fingerprint density at radius 3 is 2.59 bits per heavy atom. The van der Waals surface area contributed by atoms with E-state index in [-0.39, 0.29) is 6.04 Å².